The normalized spacial score (nSPS) is 16.8. The molecule has 0 spiro atoms. The van der Waals surface area contributed by atoms with Crippen molar-refractivity contribution in [3.8, 4) is 0 Å². The average molecular weight is 409 g/mol. The molecule has 2 amide bonds. The van der Waals surface area contributed by atoms with Crippen LogP contribution in [-0.4, -0.2) is 35.8 Å². The van der Waals surface area contributed by atoms with E-state index >= 15 is 0 Å². The van der Waals surface area contributed by atoms with Crippen LogP contribution >= 0.6 is 15.9 Å². The molecular formula is C20H29BrN2O2. The molecule has 2 rings (SSSR count). The monoisotopic (exact) mass is 408 g/mol. The molecule has 1 N–H and O–H groups in total. The molecule has 0 aromatic heterocycles. The van der Waals surface area contributed by atoms with Crippen LogP contribution in [0.1, 0.15) is 56.8 Å². The number of hydrogen-bond acceptors (Lipinski definition) is 2. The molecule has 1 unspecified atom stereocenters. The zero-order valence-corrected chi connectivity index (χ0v) is 17.0. The van der Waals surface area contributed by atoms with E-state index in [1.165, 1.54) is 0 Å². The number of hydrogen-bond donors (Lipinski definition) is 1. The van der Waals surface area contributed by atoms with Crippen molar-refractivity contribution in [2.24, 2.45) is 11.8 Å². The first-order valence-electron chi connectivity index (χ1n) is 9.22. The topological polar surface area (TPSA) is 49.4 Å². The highest BCUT2D eigenvalue weighted by atomic mass is 79.9. The number of nitrogens with one attached hydrogen (secondary N) is 1. The molecule has 1 heterocycles. The van der Waals surface area contributed by atoms with Crippen LogP contribution in [0.5, 0.6) is 0 Å². The lowest BCUT2D eigenvalue weighted by atomic mass is 9.94. The maximum atomic E-state index is 12.5. The van der Waals surface area contributed by atoms with Gasteiger partial charge in [-0.15, -0.1) is 0 Å². The quantitative estimate of drug-likeness (QED) is 0.764. The van der Waals surface area contributed by atoms with Crippen molar-refractivity contribution < 1.29 is 9.59 Å². The maximum Gasteiger partial charge on any atom is 0.253 e. The van der Waals surface area contributed by atoms with E-state index in [-0.39, 0.29) is 23.8 Å². The number of rotatable bonds is 6. The first-order valence-corrected chi connectivity index (χ1v) is 10.0. The number of benzene rings is 1. The Bertz CT molecular complexity index is 578. The lowest BCUT2D eigenvalue weighted by molar-refractivity contribution is -0.127. The van der Waals surface area contributed by atoms with Gasteiger partial charge in [-0.2, -0.15) is 0 Å². The van der Waals surface area contributed by atoms with Gasteiger partial charge < -0.3 is 10.2 Å². The lowest BCUT2D eigenvalue weighted by Crippen LogP contribution is -2.44. The second-order valence-corrected chi connectivity index (χ2v) is 8.37. The summed E-state index contributed by atoms with van der Waals surface area (Å²) in [6.45, 7) is 7.77. The molecule has 1 aromatic carbocycles. The molecule has 1 aliphatic rings. The number of piperidine rings is 1. The largest absolute Gasteiger partial charge is 0.353 e. The summed E-state index contributed by atoms with van der Waals surface area (Å²) in [7, 11) is 0. The summed E-state index contributed by atoms with van der Waals surface area (Å²) in [6, 6.07) is 7.65. The van der Waals surface area contributed by atoms with Gasteiger partial charge in [-0.25, -0.2) is 0 Å². The Morgan fingerprint density at radius 3 is 2.28 bits per heavy atom. The van der Waals surface area contributed by atoms with Gasteiger partial charge in [0.05, 0.1) is 0 Å². The Hall–Kier alpha value is -1.36. The van der Waals surface area contributed by atoms with Gasteiger partial charge >= 0.3 is 0 Å². The molecule has 1 aliphatic heterocycles. The number of amides is 2. The minimum absolute atomic E-state index is 0.0236. The molecule has 5 heteroatoms. The predicted octanol–water partition coefficient (Wildman–Crippen LogP) is 4.24. The van der Waals surface area contributed by atoms with Crippen LogP contribution in [0.3, 0.4) is 0 Å². The molecule has 4 nitrogen and oxygen atoms in total. The van der Waals surface area contributed by atoms with E-state index in [1.807, 2.05) is 29.2 Å². The second kappa shape index (κ2) is 9.37. The van der Waals surface area contributed by atoms with Crippen molar-refractivity contribution in [1.82, 2.24) is 10.2 Å². The van der Waals surface area contributed by atoms with Gasteiger partial charge in [0.15, 0.2) is 0 Å². The molecule has 0 aliphatic carbocycles. The molecule has 1 fully saturated rings. The molecule has 138 valence electrons. The van der Waals surface area contributed by atoms with Gasteiger partial charge in [-0.1, -0.05) is 29.8 Å². The average Bonchev–Trinajstić information content (AvgIpc) is 2.60. The summed E-state index contributed by atoms with van der Waals surface area (Å²) in [5.74, 6) is 0.881. The van der Waals surface area contributed by atoms with Crippen LogP contribution in [0.2, 0.25) is 0 Å². The molecular weight excluding hydrogens is 380 g/mol. The summed E-state index contributed by atoms with van der Waals surface area (Å²) in [6.07, 6.45) is 3.63. The molecule has 0 saturated carbocycles. The number of carbonyl (C=O) groups is 2. The van der Waals surface area contributed by atoms with Gasteiger partial charge in [0.2, 0.25) is 5.91 Å². The summed E-state index contributed by atoms with van der Waals surface area (Å²) in [5, 5.41) is 3.14. The first kappa shape index (κ1) is 20.0. The Morgan fingerprint density at radius 1 is 1.12 bits per heavy atom. The van der Waals surface area contributed by atoms with Crippen molar-refractivity contribution in [1.29, 1.82) is 0 Å². The zero-order chi connectivity index (χ0) is 18.4. The predicted molar refractivity (Wildman–Crippen MR) is 104 cm³/mol. The third-order valence-corrected chi connectivity index (χ3v) is 5.34. The maximum absolute atomic E-state index is 12.5. The van der Waals surface area contributed by atoms with Crippen molar-refractivity contribution in [2.75, 3.05) is 13.1 Å². The summed E-state index contributed by atoms with van der Waals surface area (Å²) >= 11 is 3.38. The lowest BCUT2D eigenvalue weighted by Gasteiger charge is -2.32. The standard InChI is InChI=1S/C20H29BrN2O2/c1-14(2)4-5-15(3)22-19(24)16-10-12-23(13-11-16)20(25)17-6-8-18(21)9-7-17/h6-9,14-16H,4-5,10-13H2,1-3H3,(H,22,24). The van der Waals surface area contributed by atoms with E-state index in [1.54, 1.807) is 0 Å². The highest BCUT2D eigenvalue weighted by Crippen LogP contribution is 2.20. The van der Waals surface area contributed by atoms with Crippen LogP contribution in [0.25, 0.3) is 0 Å². The van der Waals surface area contributed by atoms with Gasteiger partial charge in [-0.3, -0.25) is 9.59 Å². The highest BCUT2D eigenvalue weighted by Gasteiger charge is 2.28. The second-order valence-electron chi connectivity index (χ2n) is 7.45. The zero-order valence-electron chi connectivity index (χ0n) is 15.4. The fourth-order valence-electron chi connectivity index (χ4n) is 3.14. The van der Waals surface area contributed by atoms with Crippen molar-refractivity contribution in [2.45, 2.75) is 52.5 Å². The van der Waals surface area contributed by atoms with Gasteiger partial charge in [-0.05, 0) is 62.8 Å². The first-order chi connectivity index (χ1) is 11.9. The highest BCUT2D eigenvalue weighted by molar-refractivity contribution is 9.10. The third-order valence-electron chi connectivity index (χ3n) is 4.81. The number of halogens is 1. The van der Waals surface area contributed by atoms with Crippen LogP contribution in [0.4, 0.5) is 0 Å². The van der Waals surface area contributed by atoms with Crippen LogP contribution in [-0.2, 0) is 4.79 Å². The molecule has 0 bridgehead atoms. The smallest absolute Gasteiger partial charge is 0.253 e. The summed E-state index contributed by atoms with van der Waals surface area (Å²) in [4.78, 5) is 26.8. The number of likely N-dealkylation sites (tertiary alicyclic amines) is 1. The minimum atomic E-state index is 0.0236. The number of nitrogens with zero attached hydrogens (tertiary/aromatic N) is 1. The van der Waals surface area contributed by atoms with Crippen LogP contribution in [0, 0.1) is 11.8 Å². The van der Waals surface area contributed by atoms with Crippen molar-refractivity contribution in [3.05, 3.63) is 34.3 Å². The fraction of sp³-hybridized carbons (Fsp3) is 0.600. The fourth-order valence-corrected chi connectivity index (χ4v) is 3.40. The Labute approximate surface area is 159 Å². The Morgan fingerprint density at radius 2 is 1.72 bits per heavy atom. The van der Waals surface area contributed by atoms with Gasteiger partial charge in [0.1, 0.15) is 0 Å². The van der Waals surface area contributed by atoms with Crippen LogP contribution in [0.15, 0.2) is 28.7 Å². The van der Waals surface area contributed by atoms with E-state index < -0.39 is 0 Å². The van der Waals surface area contributed by atoms with E-state index in [0.29, 0.717) is 24.6 Å². The van der Waals surface area contributed by atoms with E-state index in [4.69, 9.17) is 0 Å². The van der Waals surface area contributed by atoms with E-state index in [2.05, 4.69) is 42.0 Å². The van der Waals surface area contributed by atoms with E-state index in [9.17, 15) is 9.59 Å². The molecule has 1 saturated heterocycles. The van der Waals surface area contributed by atoms with Crippen molar-refractivity contribution >= 4 is 27.7 Å². The molecule has 25 heavy (non-hydrogen) atoms. The van der Waals surface area contributed by atoms with E-state index in [0.717, 1.165) is 30.2 Å². The number of carbonyl (C=O) groups excluding carboxylic acids is 2. The minimum Gasteiger partial charge on any atom is -0.353 e. The van der Waals surface area contributed by atoms with Crippen molar-refractivity contribution in [3.63, 3.8) is 0 Å². The van der Waals surface area contributed by atoms with Gasteiger partial charge in [0.25, 0.3) is 5.91 Å². The van der Waals surface area contributed by atoms with Crippen LogP contribution < -0.4 is 5.32 Å². The third kappa shape index (κ3) is 6.14. The molecule has 0 radical (unpaired) electrons. The SMILES string of the molecule is CC(C)CCC(C)NC(=O)C1CCN(C(=O)c2ccc(Br)cc2)CC1. The summed E-state index contributed by atoms with van der Waals surface area (Å²) < 4.78 is 0.964. The summed E-state index contributed by atoms with van der Waals surface area (Å²) in [5.41, 5.74) is 0.702. The Kier molecular flexibility index (Phi) is 7.48. The Balaban J connectivity index is 1.79. The molecule has 1 atom stereocenters. The molecule has 1 aromatic rings. The van der Waals surface area contributed by atoms with Gasteiger partial charge in [0, 0.05) is 35.1 Å².